The summed E-state index contributed by atoms with van der Waals surface area (Å²) < 4.78 is 0. The number of aromatic amines is 1. The molecule has 106 valence electrons. The van der Waals surface area contributed by atoms with Crippen molar-refractivity contribution in [2.45, 2.75) is 20.8 Å². The molecule has 3 nitrogen and oxygen atoms in total. The van der Waals surface area contributed by atoms with Gasteiger partial charge in [-0.3, -0.25) is 4.99 Å². The molecule has 2 N–H and O–H groups in total. The Balaban J connectivity index is 2.08. The fourth-order valence-corrected chi connectivity index (χ4v) is 2.79. The number of nitrogens with zero attached hydrogens (tertiary/aromatic N) is 1. The quantitative estimate of drug-likeness (QED) is 0.664. The number of aryl methyl sites for hydroxylation is 3. The summed E-state index contributed by atoms with van der Waals surface area (Å²) >= 11 is 0. The molecule has 0 fully saturated rings. The molecule has 3 rings (SSSR count). The lowest BCUT2D eigenvalue weighted by Gasteiger charge is -2.06. The third kappa shape index (κ3) is 2.42. The summed E-state index contributed by atoms with van der Waals surface area (Å²) in [5.41, 5.74) is 6.12. The third-order valence-electron chi connectivity index (χ3n) is 3.68. The highest BCUT2D eigenvalue weighted by Gasteiger charge is 2.08. The molecular formula is C18H18N2O. The van der Waals surface area contributed by atoms with Crippen molar-refractivity contribution in [3.63, 3.8) is 0 Å². The summed E-state index contributed by atoms with van der Waals surface area (Å²) in [6.45, 7) is 6.20. The van der Waals surface area contributed by atoms with E-state index in [1.54, 1.807) is 6.21 Å². The fraction of sp³-hybridized carbons (Fsp3) is 0.167. The van der Waals surface area contributed by atoms with Crippen LogP contribution < -0.4 is 0 Å². The highest BCUT2D eigenvalue weighted by atomic mass is 16.3. The molecule has 3 aromatic rings. The van der Waals surface area contributed by atoms with E-state index < -0.39 is 0 Å². The Bertz CT molecular complexity index is 821. The van der Waals surface area contributed by atoms with Crippen LogP contribution in [0.15, 0.2) is 41.4 Å². The molecule has 0 bridgehead atoms. The first kappa shape index (κ1) is 13.4. The van der Waals surface area contributed by atoms with E-state index in [1.165, 1.54) is 5.56 Å². The summed E-state index contributed by atoms with van der Waals surface area (Å²) in [6, 6.07) is 12.0. The second-order valence-electron chi connectivity index (χ2n) is 5.44. The molecule has 0 atom stereocenters. The van der Waals surface area contributed by atoms with Crippen LogP contribution in [-0.2, 0) is 0 Å². The summed E-state index contributed by atoms with van der Waals surface area (Å²) in [6.07, 6.45) is 1.73. The van der Waals surface area contributed by atoms with Crippen molar-refractivity contribution in [2.24, 2.45) is 4.99 Å². The summed E-state index contributed by atoms with van der Waals surface area (Å²) in [5.74, 6) is 0.155. The number of hydrogen-bond donors (Lipinski definition) is 2. The number of aliphatic imine (C=N–C) groups is 1. The van der Waals surface area contributed by atoms with E-state index in [2.05, 4.69) is 42.9 Å². The number of rotatable bonds is 2. The van der Waals surface area contributed by atoms with Gasteiger partial charge in [0.2, 0.25) is 0 Å². The minimum atomic E-state index is 0.155. The van der Waals surface area contributed by atoms with Crippen molar-refractivity contribution in [1.82, 2.24) is 4.98 Å². The van der Waals surface area contributed by atoms with Gasteiger partial charge < -0.3 is 10.1 Å². The van der Waals surface area contributed by atoms with Gasteiger partial charge in [-0.25, -0.2) is 0 Å². The van der Waals surface area contributed by atoms with Gasteiger partial charge in [-0.1, -0.05) is 35.9 Å². The van der Waals surface area contributed by atoms with Crippen LogP contribution >= 0.6 is 0 Å². The molecule has 0 amide bonds. The van der Waals surface area contributed by atoms with Crippen LogP contribution in [0.25, 0.3) is 10.9 Å². The van der Waals surface area contributed by atoms with E-state index in [-0.39, 0.29) is 5.88 Å². The molecule has 0 aliphatic rings. The molecular weight excluding hydrogens is 260 g/mol. The van der Waals surface area contributed by atoms with E-state index in [9.17, 15) is 5.11 Å². The van der Waals surface area contributed by atoms with Crippen molar-refractivity contribution in [3.8, 4) is 5.88 Å². The van der Waals surface area contributed by atoms with Gasteiger partial charge in [0.05, 0.1) is 11.3 Å². The van der Waals surface area contributed by atoms with Gasteiger partial charge >= 0.3 is 0 Å². The number of aromatic nitrogens is 1. The molecule has 0 unspecified atom stereocenters. The predicted octanol–water partition coefficient (Wildman–Crippen LogP) is 4.55. The lowest BCUT2D eigenvalue weighted by molar-refractivity contribution is 0.457. The molecule has 21 heavy (non-hydrogen) atoms. The Hall–Kier alpha value is -2.55. The van der Waals surface area contributed by atoms with Crippen molar-refractivity contribution >= 4 is 22.8 Å². The van der Waals surface area contributed by atoms with E-state index in [4.69, 9.17) is 0 Å². The van der Waals surface area contributed by atoms with Crippen molar-refractivity contribution in [3.05, 3.63) is 58.7 Å². The number of para-hydroxylation sites is 1. The van der Waals surface area contributed by atoms with Gasteiger partial charge in [-0.2, -0.15) is 0 Å². The molecule has 0 radical (unpaired) electrons. The molecule has 0 saturated heterocycles. The standard InChI is InChI=1S/C18H18N2O/c1-11-8-12(2)17(13(3)9-11)19-10-15-14-6-4-5-7-16(14)20-18(15)21/h4-10,20-21H,1-3H3. The Labute approximate surface area is 124 Å². The molecule has 2 aromatic carbocycles. The monoisotopic (exact) mass is 278 g/mol. The minimum absolute atomic E-state index is 0.155. The second kappa shape index (κ2) is 5.09. The maximum atomic E-state index is 10.0. The largest absolute Gasteiger partial charge is 0.494 e. The van der Waals surface area contributed by atoms with Gasteiger partial charge in [0.25, 0.3) is 0 Å². The smallest absolute Gasteiger partial charge is 0.198 e. The minimum Gasteiger partial charge on any atom is -0.494 e. The maximum Gasteiger partial charge on any atom is 0.198 e. The second-order valence-corrected chi connectivity index (χ2v) is 5.44. The molecule has 0 aliphatic carbocycles. The molecule has 3 heteroatoms. The lowest BCUT2D eigenvalue weighted by atomic mass is 10.1. The number of benzene rings is 2. The Kier molecular flexibility index (Phi) is 3.26. The zero-order valence-corrected chi connectivity index (χ0v) is 12.4. The highest BCUT2D eigenvalue weighted by molar-refractivity contribution is 6.02. The lowest BCUT2D eigenvalue weighted by Crippen LogP contribution is -1.85. The Morgan fingerprint density at radius 1 is 1.05 bits per heavy atom. The van der Waals surface area contributed by atoms with Crippen LogP contribution in [0.2, 0.25) is 0 Å². The Morgan fingerprint density at radius 2 is 1.71 bits per heavy atom. The first-order chi connectivity index (χ1) is 10.1. The molecule has 0 spiro atoms. The third-order valence-corrected chi connectivity index (χ3v) is 3.68. The van der Waals surface area contributed by atoms with Crippen LogP contribution in [0.1, 0.15) is 22.3 Å². The SMILES string of the molecule is Cc1cc(C)c(N=Cc2c(O)[nH]c3ccccc23)c(C)c1. The fourth-order valence-electron chi connectivity index (χ4n) is 2.79. The van der Waals surface area contributed by atoms with Crippen LogP contribution in [0.5, 0.6) is 5.88 Å². The highest BCUT2D eigenvalue weighted by Crippen LogP contribution is 2.28. The normalized spacial score (nSPS) is 11.6. The molecule has 0 aliphatic heterocycles. The topological polar surface area (TPSA) is 48.4 Å². The van der Waals surface area contributed by atoms with Crippen LogP contribution in [-0.4, -0.2) is 16.3 Å². The van der Waals surface area contributed by atoms with Crippen molar-refractivity contribution < 1.29 is 5.11 Å². The van der Waals surface area contributed by atoms with Gasteiger partial charge in [0.1, 0.15) is 0 Å². The van der Waals surface area contributed by atoms with Crippen LogP contribution in [0, 0.1) is 20.8 Å². The number of nitrogens with one attached hydrogen (secondary N) is 1. The van der Waals surface area contributed by atoms with E-state index in [1.807, 2.05) is 24.3 Å². The predicted molar refractivity (Wildman–Crippen MR) is 87.9 cm³/mol. The first-order valence-corrected chi connectivity index (χ1v) is 6.98. The van der Waals surface area contributed by atoms with Gasteiger partial charge in [0.15, 0.2) is 5.88 Å². The zero-order valence-electron chi connectivity index (χ0n) is 12.4. The van der Waals surface area contributed by atoms with Gasteiger partial charge in [-0.05, 0) is 38.0 Å². The Morgan fingerprint density at radius 3 is 2.43 bits per heavy atom. The van der Waals surface area contributed by atoms with Gasteiger partial charge in [-0.15, -0.1) is 0 Å². The summed E-state index contributed by atoms with van der Waals surface area (Å²) in [7, 11) is 0. The number of hydrogen-bond acceptors (Lipinski definition) is 2. The van der Waals surface area contributed by atoms with Gasteiger partial charge in [0, 0.05) is 17.1 Å². The molecule has 0 saturated carbocycles. The summed E-state index contributed by atoms with van der Waals surface area (Å²) in [5, 5.41) is 11.0. The van der Waals surface area contributed by atoms with Crippen LogP contribution in [0.4, 0.5) is 5.69 Å². The maximum absolute atomic E-state index is 10.0. The van der Waals surface area contributed by atoms with Crippen molar-refractivity contribution in [2.75, 3.05) is 0 Å². The average Bonchev–Trinajstić information content (AvgIpc) is 2.73. The molecule has 1 heterocycles. The van der Waals surface area contributed by atoms with Crippen LogP contribution in [0.3, 0.4) is 0 Å². The average molecular weight is 278 g/mol. The molecule has 1 aromatic heterocycles. The van der Waals surface area contributed by atoms with Crippen molar-refractivity contribution in [1.29, 1.82) is 0 Å². The van der Waals surface area contributed by atoms with E-state index in [0.717, 1.165) is 33.3 Å². The number of fused-ring (bicyclic) bond motifs is 1. The first-order valence-electron chi connectivity index (χ1n) is 6.98. The van der Waals surface area contributed by atoms with E-state index in [0.29, 0.717) is 0 Å². The zero-order chi connectivity index (χ0) is 15.0. The number of H-pyrrole nitrogens is 1. The summed E-state index contributed by atoms with van der Waals surface area (Å²) in [4.78, 5) is 7.56. The van der Waals surface area contributed by atoms with E-state index >= 15 is 0 Å². The number of aromatic hydroxyl groups is 1.